The van der Waals surface area contributed by atoms with Crippen LogP contribution in [0.4, 0.5) is 0 Å². The molecule has 1 aromatic rings. The highest BCUT2D eigenvalue weighted by Gasteiger charge is 2.20. The molecule has 1 aromatic carbocycles. The summed E-state index contributed by atoms with van der Waals surface area (Å²) in [5, 5.41) is 6.57. The molecule has 1 aliphatic carbocycles. The van der Waals surface area contributed by atoms with Crippen LogP contribution in [-0.2, 0) is 6.42 Å². The third kappa shape index (κ3) is 5.04. The van der Waals surface area contributed by atoms with Crippen LogP contribution in [0.25, 0.3) is 0 Å². The Morgan fingerprint density at radius 3 is 2.64 bits per heavy atom. The topological polar surface area (TPSA) is 45.7 Å². The van der Waals surface area contributed by atoms with Crippen molar-refractivity contribution >= 4 is 29.9 Å². The number of ether oxygens (including phenoxy) is 1. The molecule has 0 radical (unpaired) electrons. The molecule has 2 rings (SSSR count). The number of aliphatic imine (C=N–C) groups is 1. The second kappa shape index (κ2) is 9.92. The summed E-state index contributed by atoms with van der Waals surface area (Å²) in [5.74, 6) is 2.39. The van der Waals surface area contributed by atoms with Gasteiger partial charge >= 0.3 is 0 Å². The molecule has 5 heteroatoms. The molecule has 2 N–H and O–H groups in total. The van der Waals surface area contributed by atoms with Gasteiger partial charge in [0.05, 0.1) is 7.11 Å². The SMILES string of the molecule is CCNC(=NCC1CCCc2cc(OC)ccc21)NCC.I. The van der Waals surface area contributed by atoms with E-state index in [4.69, 9.17) is 9.73 Å². The van der Waals surface area contributed by atoms with Crippen LogP contribution in [0.2, 0.25) is 0 Å². The second-order valence-corrected chi connectivity index (χ2v) is 5.40. The van der Waals surface area contributed by atoms with Gasteiger partial charge < -0.3 is 15.4 Å². The Balaban J connectivity index is 0.00000242. The van der Waals surface area contributed by atoms with Gasteiger partial charge in [0.2, 0.25) is 0 Å². The van der Waals surface area contributed by atoms with Gasteiger partial charge in [-0.25, -0.2) is 0 Å². The Morgan fingerprint density at radius 2 is 2.00 bits per heavy atom. The van der Waals surface area contributed by atoms with E-state index in [1.165, 1.54) is 24.0 Å². The fraction of sp³-hybridized carbons (Fsp3) is 0.588. The van der Waals surface area contributed by atoms with Crippen LogP contribution in [-0.4, -0.2) is 32.7 Å². The molecule has 124 valence electrons. The van der Waals surface area contributed by atoms with Gasteiger partial charge in [-0.15, -0.1) is 24.0 Å². The largest absolute Gasteiger partial charge is 0.497 e. The fourth-order valence-electron chi connectivity index (χ4n) is 2.92. The van der Waals surface area contributed by atoms with Crippen molar-refractivity contribution in [3.05, 3.63) is 29.3 Å². The van der Waals surface area contributed by atoms with Gasteiger partial charge in [-0.2, -0.15) is 0 Å². The summed E-state index contributed by atoms with van der Waals surface area (Å²) in [6, 6.07) is 6.46. The predicted molar refractivity (Wildman–Crippen MR) is 104 cm³/mol. The first-order valence-electron chi connectivity index (χ1n) is 7.97. The maximum absolute atomic E-state index is 5.33. The lowest BCUT2D eigenvalue weighted by molar-refractivity contribution is 0.413. The molecule has 1 aliphatic rings. The molecule has 4 nitrogen and oxygen atoms in total. The number of hydrogen-bond acceptors (Lipinski definition) is 2. The van der Waals surface area contributed by atoms with Crippen molar-refractivity contribution in [1.82, 2.24) is 10.6 Å². The van der Waals surface area contributed by atoms with Crippen molar-refractivity contribution in [3.63, 3.8) is 0 Å². The summed E-state index contributed by atoms with van der Waals surface area (Å²) in [6.45, 7) is 6.81. The summed E-state index contributed by atoms with van der Waals surface area (Å²) < 4.78 is 5.33. The molecular formula is C17H28IN3O. The van der Waals surface area contributed by atoms with Gasteiger partial charge in [-0.3, -0.25) is 4.99 Å². The lowest BCUT2D eigenvalue weighted by Crippen LogP contribution is -2.37. The van der Waals surface area contributed by atoms with E-state index >= 15 is 0 Å². The molecular weight excluding hydrogens is 389 g/mol. The minimum Gasteiger partial charge on any atom is -0.497 e. The monoisotopic (exact) mass is 417 g/mol. The van der Waals surface area contributed by atoms with E-state index in [0.29, 0.717) is 5.92 Å². The molecule has 0 heterocycles. The van der Waals surface area contributed by atoms with E-state index in [0.717, 1.165) is 37.8 Å². The van der Waals surface area contributed by atoms with Crippen molar-refractivity contribution in [1.29, 1.82) is 0 Å². The third-order valence-electron chi connectivity index (χ3n) is 3.95. The highest BCUT2D eigenvalue weighted by atomic mass is 127. The Labute approximate surface area is 151 Å². The molecule has 22 heavy (non-hydrogen) atoms. The zero-order chi connectivity index (χ0) is 15.1. The maximum atomic E-state index is 5.33. The molecule has 0 bridgehead atoms. The number of rotatable bonds is 5. The minimum atomic E-state index is 0. The lowest BCUT2D eigenvalue weighted by Gasteiger charge is -2.25. The number of nitrogens with zero attached hydrogens (tertiary/aromatic N) is 1. The minimum absolute atomic E-state index is 0. The van der Waals surface area contributed by atoms with E-state index in [1.807, 2.05) is 0 Å². The number of nitrogens with one attached hydrogen (secondary N) is 2. The molecule has 1 unspecified atom stereocenters. The summed E-state index contributed by atoms with van der Waals surface area (Å²) in [4.78, 5) is 4.73. The Morgan fingerprint density at radius 1 is 1.27 bits per heavy atom. The number of benzene rings is 1. The Hall–Kier alpha value is -0.980. The van der Waals surface area contributed by atoms with Crippen LogP contribution in [0.1, 0.15) is 43.7 Å². The first-order chi connectivity index (χ1) is 10.3. The number of halogens is 1. The van der Waals surface area contributed by atoms with E-state index in [1.54, 1.807) is 7.11 Å². The van der Waals surface area contributed by atoms with E-state index in [-0.39, 0.29) is 24.0 Å². The molecule has 1 atom stereocenters. The van der Waals surface area contributed by atoms with Crippen molar-refractivity contribution in [2.45, 2.75) is 39.0 Å². The van der Waals surface area contributed by atoms with Crippen molar-refractivity contribution in [2.24, 2.45) is 4.99 Å². The fourth-order valence-corrected chi connectivity index (χ4v) is 2.92. The normalized spacial score (nSPS) is 16.0. The number of guanidine groups is 1. The van der Waals surface area contributed by atoms with Crippen molar-refractivity contribution in [3.8, 4) is 5.75 Å². The van der Waals surface area contributed by atoms with Gasteiger partial charge in [0, 0.05) is 25.6 Å². The molecule has 0 spiro atoms. The summed E-state index contributed by atoms with van der Waals surface area (Å²) in [5.41, 5.74) is 2.87. The zero-order valence-corrected chi connectivity index (χ0v) is 16.1. The number of aryl methyl sites for hydroxylation is 1. The van der Waals surface area contributed by atoms with Gasteiger partial charge in [-0.05, 0) is 56.4 Å². The molecule has 0 saturated carbocycles. The van der Waals surface area contributed by atoms with Crippen LogP contribution in [0.5, 0.6) is 5.75 Å². The zero-order valence-electron chi connectivity index (χ0n) is 13.8. The van der Waals surface area contributed by atoms with Gasteiger partial charge in [0.15, 0.2) is 5.96 Å². The van der Waals surface area contributed by atoms with E-state index in [2.05, 4.69) is 42.7 Å². The quantitative estimate of drug-likeness (QED) is 0.439. The third-order valence-corrected chi connectivity index (χ3v) is 3.95. The maximum Gasteiger partial charge on any atom is 0.191 e. The van der Waals surface area contributed by atoms with Crippen LogP contribution in [0.15, 0.2) is 23.2 Å². The average molecular weight is 417 g/mol. The highest BCUT2D eigenvalue weighted by molar-refractivity contribution is 14.0. The van der Waals surface area contributed by atoms with Crippen LogP contribution in [0.3, 0.4) is 0 Å². The average Bonchev–Trinajstić information content (AvgIpc) is 2.52. The molecule has 0 saturated heterocycles. The number of hydrogen-bond donors (Lipinski definition) is 2. The van der Waals surface area contributed by atoms with Crippen molar-refractivity contribution < 1.29 is 4.74 Å². The highest BCUT2D eigenvalue weighted by Crippen LogP contribution is 2.33. The number of fused-ring (bicyclic) bond motifs is 1. The van der Waals surface area contributed by atoms with Crippen LogP contribution >= 0.6 is 24.0 Å². The molecule has 0 amide bonds. The van der Waals surface area contributed by atoms with Crippen LogP contribution in [0, 0.1) is 0 Å². The van der Waals surface area contributed by atoms with E-state index in [9.17, 15) is 0 Å². The summed E-state index contributed by atoms with van der Waals surface area (Å²) in [6.07, 6.45) is 3.60. The lowest BCUT2D eigenvalue weighted by atomic mass is 9.83. The van der Waals surface area contributed by atoms with Gasteiger partial charge in [0.25, 0.3) is 0 Å². The first-order valence-corrected chi connectivity index (χ1v) is 7.97. The smallest absolute Gasteiger partial charge is 0.191 e. The predicted octanol–water partition coefficient (Wildman–Crippen LogP) is 3.31. The van der Waals surface area contributed by atoms with Gasteiger partial charge in [-0.1, -0.05) is 6.07 Å². The standard InChI is InChI=1S/C17H27N3O.HI/c1-4-18-17(19-5-2)20-12-14-8-6-7-13-11-15(21-3)9-10-16(13)14;/h9-11,14H,4-8,12H2,1-3H3,(H2,18,19,20);1H. The number of methoxy groups -OCH3 is 1. The Kier molecular flexibility index (Phi) is 8.60. The molecule has 0 aromatic heterocycles. The molecule has 0 aliphatic heterocycles. The summed E-state index contributed by atoms with van der Waals surface area (Å²) in [7, 11) is 1.73. The van der Waals surface area contributed by atoms with Gasteiger partial charge in [0.1, 0.15) is 5.75 Å². The van der Waals surface area contributed by atoms with E-state index < -0.39 is 0 Å². The molecule has 0 fully saturated rings. The summed E-state index contributed by atoms with van der Waals surface area (Å²) >= 11 is 0. The first kappa shape index (κ1) is 19.1. The Bertz CT molecular complexity index is 483. The second-order valence-electron chi connectivity index (χ2n) is 5.40. The van der Waals surface area contributed by atoms with Crippen LogP contribution < -0.4 is 15.4 Å². The van der Waals surface area contributed by atoms with Crippen molar-refractivity contribution in [2.75, 3.05) is 26.7 Å².